The second-order valence-electron chi connectivity index (χ2n) is 4.04. The van der Waals surface area contributed by atoms with E-state index in [0.717, 1.165) is 6.42 Å². The summed E-state index contributed by atoms with van der Waals surface area (Å²) in [5.74, 6) is -0.224. The fourth-order valence-corrected chi connectivity index (χ4v) is 4.30. The van der Waals surface area contributed by atoms with Crippen LogP contribution >= 0.6 is 11.3 Å². The molecule has 18 heavy (non-hydrogen) atoms. The number of esters is 1. The first-order chi connectivity index (χ1) is 8.53. The number of hydrogen-bond acceptors (Lipinski definition) is 7. The minimum Gasteiger partial charge on any atom is -0.464 e. The first kappa shape index (κ1) is 13.3. The van der Waals surface area contributed by atoms with Crippen LogP contribution in [0.4, 0.5) is 5.13 Å². The van der Waals surface area contributed by atoms with Crippen LogP contribution in [0.15, 0.2) is 5.38 Å². The minimum absolute atomic E-state index is 0.235. The molecule has 0 spiro atoms. The van der Waals surface area contributed by atoms with Crippen molar-refractivity contribution in [1.29, 1.82) is 0 Å². The number of carbonyl (C=O) groups is 1. The maximum absolute atomic E-state index is 11.6. The minimum atomic E-state index is -2.95. The number of sulfone groups is 1. The van der Waals surface area contributed by atoms with Gasteiger partial charge in [0.15, 0.2) is 20.7 Å². The molecule has 0 saturated carbocycles. The van der Waals surface area contributed by atoms with Crippen molar-refractivity contribution in [2.45, 2.75) is 18.1 Å². The molecule has 0 aromatic carbocycles. The van der Waals surface area contributed by atoms with Crippen molar-refractivity contribution in [3.8, 4) is 0 Å². The fraction of sp³-hybridized carbons (Fsp3) is 0.600. The van der Waals surface area contributed by atoms with E-state index in [1.807, 2.05) is 0 Å². The highest BCUT2D eigenvalue weighted by molar-refractivity contribution is 7.92. The van der Waals surface area contributed by atoms with E-state index in [-0.39, 0.29) is 16.7 Å². The summed E-state index contributed by atoms with van der Waals surface area (Å²) in [5, 5.41) is 4.74. The van der Waals surface area contributed by atoms with Gasteiger partial charge < -0.3 is 10.1 Å². The highest BCUT2D eigenvalue weighted by Crippen LogP contribution is 2.22. The van der Waals surface area contributed by atoms with Crippen molar-refractivity contribution < 1.29 is 17.9 Å². The quantitative estimate of drug-likeness (QED) is 0.830. The van der Waals surface area contributed by atoms with Gasteiger partial charge in [-0.25, -0.2) is 18.2 Å². The van der Waals surface area contributed by atoms with Crippen molar-refractivity contribution in [3.05, 3.63) is 11.1 Å². The molecular weight excluding hydrogens is 276 g/mol. The van der Waals surface area contributed by atoms with Gasteiger partial charge >= 0.3 is 5.97 Å². The molecule has 6 nitrogen and oxygen atoms in total. The predicted octanol–water partition coefficient (Wildman–Crippen LogP) is 0.919. The normalized spacial score (nSPS) is 21.7. The lowest BCUT2D eigenvalue weighted by molar-refractivity contribution is 0.0595. The number of thiazole rings is 1. The molecule has 1 aromatic heterocycles. The Bertz CT molecular complexity index is 538. The van der Waals surface area contributed by atoms with Crippen LogP contribution in [0.2, 0.25) is 0 Å². The van der Waals surface area contributed by atoms with Gasteiger partial charge in [-0.2, -0.15) is 0 Å². The maximum atomic E-state index is 11.6. The van der Waals surface area contributed by atoms with Gasteiger partial charge in [0.05, 0.1) is 18.1 Å². The molecule has 2 rings (SSSR count). The summed E-state index contributed by atoms with van der Waals surface area (Å²) < 4.78 is 27.8. The second kappa shape index (κ2) is 5.23. The number of nitrogens with one attached hydrogen (secondary N) is 1. The van der Waals surface area contributed by atoms with Crippen LogP contribution < -0.4 is 5.32 Å². The van der Waals surface area contributed by atoms with Gasteiger partial charge in [-0.3, -0.25) is 0 Å². The Morgan fingerprint density at radius 3 is 3.06 bits per heavy atom. The zero-order chi connectivity index (χ0) is 13.2. The monoisotopic (exact) mass is 290 g/mol. The second-order valence-corrected chi connectivity index (χ2v) is 7.30. The largest absolute Gasteiger partial charge is 0.464 e. The molecule has 1 aliphatic heterocycles. The van der Waals surface area contributed by atoms with Crippen LogP contribution in [0, 0.1) is 0 Å². The van der Waals surface area contributed by atoms with E-state index in [9.17, 15) is 13.2 Å². The van der Waals surface area contributed by atoms with Gasteiger partial charge in [0.1, 0.15) is 0 Å². The van der Waals surface area contributed by atoms with Gasteiger partial charge in [-0.05, 0) is 12.8 Å². The van der Waals surface area contributed by atoms with Crippen molar-refractivity contribution in [3.63, 3.8) is 0 Å². The molecule has 2 heterocycles. The Hall–Kier alpha value is -1.15. The topological polar surface area (TPSA) is 85.4 Å². The van der Waals surface area contributed by atoms with Gasteiger partial charge in [-0.15, -0.1) is 11.3 Å². The average Bonchev–Trinajstić information content (AvgIpc) is 2.92. The smallest absolute Gasteiger partial charge is 0.357 e. The van der Waals surface area contributed by atoms with Gasteiger partial charge in [-0.1, -0.05) is 0 Å². The molecule has 100 valence electrons. The fourth-order valence-electron chi connectivity index (χ4n) is 1.84. The first-order valence-electron chi connectivity index (χ1n) is 5.52. The molecule has 1 unspecified atom stereocenters. The summed E-state index contributed by atoms with van der Waals surface area (Å²) >= 11 is 1.26. The van der Waals surface area contributed by atoms with Crippen LogP contribution in [0.25, 0.3) is 0 Å². The summed E-state index contributed by atoms with van der Waals surface area (Å²) in [4.78, 5) is 15.2. The summed E-state index contributed by atoms with van der Waals surface area (Å²) in [7, 11) is -1.66. The van der Waals surface area contributed by atoms with Crippen LogP contribution in [-0.2, 0) is 14.6 Å². The number of nitrogens with zero attached hydrogens (tertiary/aromatic N) is 1. The van der Waals surface area contributed by atoms with E-state index < -0.39 is 15.8 Å². The molecule has 1 saturated heterocycles. The van der Waals surface area contributed by atoms with E-state index in [2.05, 4.69) is 15.0 Å². The summed E-state index contributed by atoms with van der Waals surface area (Å²) in [6.07, 6.45) is 1.41. The molecule has 1 N–H and O–H groups in total. The van der Waals surface area contributed by atoms with Crippen molar-refractivity contribution in [1.82, 2.24) is 4.98 Å². The van der Waals surface area contributed by atoms with Gasteiger partial charge in [0.2, 0.25) is 0 Å². The molecule has 0 amide bonds. The lowest BCUT2D eigenvalue weighted by Gasteiger charge is -2.09. The van der Waals surface area contributed by atoms with Crippen molar-refractivity contribution in [2.24, 2.45) is 0 Å². The Kier molecular flexibility index (Phi) is 3.86. The first-order valence-corrected chi connectivity index (χ1v) is 8.12. The van der Waals surface area contributed by atoms with E-state index in [0.29, 0.717) is 18.1 Å². The van der Waals surface area contributed by atoms with E-state index >= 15 is 0 Å². The average molecular weight is 290 g/mol. The molecule has 0 bridgehead atoms. The van der Waals surface area contributed by atoms with Crippen LogP contribution in [0.1, 0.15) is 23.3 Å². The molecule has 1 aliphatic rings. The highest BCUT2D eigenvalue weighted by Gasteiger charge is 2.31. The predicted molar refractivity (Wildman–Crippen MR) is 68.8 cm³/mol. The molecule has 8 heteroatoms. The summed E-state index contributed by atoms with van der Waals surface area (Å²) in [6.45, 7) is 0.344. The van der Waals surface area contributed by atoms with Crippen LogP contribution in [0.5, 0.6) is 0 Å². The zero-order valence-corrected chi connectivity index (χ0v) is 11.5. The highest BCUT2D eigenvalue weighted by atomic mass is 32.2. The molecule has 0 radical (unpaired) electrons. The lowest BCUT2D eigenvalue weighted by atomic mass is 10.2. The van der Waals surface area contributed by atoms with E-state index in [1.54, 1.807) is 5.38 Å². The van der Waals surface area contributed by atoms with Crippen molar-refractivity contribution in [2.75, 3.05) is 24.7 Å². The molecule has 1 atom stereocenters. The number of hydrogen-bond donors (Lipinski definition) is 1. The maximum Gasteiger partial charge on any atom is 0.357 e. The molecule has 1 aromatic rings. The number of ether oxygens (including phenoxy) is 1. The van der Waals surface area contributed by atoms with Crippen molar-refractivity contribution >= 4 is 32.3 Å². The summed E-state index contributed by atoms with van der Waals surface area (Å²) in [5.41, 5.74) is 0.235. The molecular formula is C10H14N2O4S2. The van der Waals surface area contributed by atoms with Crippen LogP contribution in [0.3, 0.4) is 0 Å². The Labute approximate surface area is 109 Å². The number of rotatable bonds is 4. The number of carbonyl (C=O) groups excluding carboxylic acids is 1. The Morgan fingerprint density at radius 1 is 1.67 bits per heavy atom. The SMILES string of the molecule is COC(=O)c1csc(NCC2CCCS2(=O)=O)n1. The third kappa shape index (κ3) is 2.81. The molecule has 1 fully saturated rings. The number of anilines is 1. The standard InChI is InChI=1S/C10H14N2O4S2/c1-16-9(13)8-6-17-10(12-8)11-5-7-3-2-4-18(7,14)15/h6-7H,2-5H2,1H3,(H,11,12). The van der Waals surface area contributed by atoms with Gasteiger partial charge in [0, 0.05) is 11.9 Å². The van der Waals surface area contributed by atoms with Gasteiger partial charge in [0.25, 0.3) is 0 Å². The lowest BCUT2D eigenvalue weighted by Crippen LogP contribution is -2.25. The van der Waals surface area contributed by atoms with Crippen LogP contribution in [-0.4, -0.2) is 44.0 Å². The number of methoxy groups -OCH3 is 1. The molecule has 0 aliphatic carbocycles. The summed E-state index contributed by atoms with van der Waals surface area (Å²) in [6, 6.07) is 0. The Balaban J connectivity index is 1.95. The third-order valence-electron chi connectivity index (χ3n) is 2.84. The van der Waals surface area contributed by atoms with E-state index in [4.69, 9.17) is 0 Å². The number of aromatic nitrogens is 1. The third-order valence-corrected chi connectivity index (χ3v) is 5.92. The Morgan fingerprint density at radius 2 is 2.44 bits per heavy atom. The van der Waals surface area contributed by atoms with E-state index in [1.165, 1.54) is 18.4 Å². The zero-order valence-electron chi connectivity index (χ0n) is 9.88.